The molecule has 2 aromatic carbocycles. The molecule has 2 rings (SSSR count). The van der Waals surface area contributed by atoms with Crippen molar-refractivity contribution < 1.29 is 15.0 Å². The summed E-state index contributed by atoms with van der Waals surface area (Å²) >= 11 is 0. The van der Waals surface area contributed by atoms with E-state index in [1.807, 2.05) is 0 Å². The summed E-state index contributed by atoms with van der Waals surface area (Å²) in [4.78, 5) is 11.8. The SMILES string of the molecule is Nc1ccc(O)cc1CC(=O)Nc1ccccc1O. The quantitative estimate of drug-likeness (QED) is 0.384. The highest BCUT2D eigenvalue weighted by molar-refractivity contribution is 5.94. The summed E-state index contributed by atoms with van der Waals surface area (Å²) in [5.74, 6) is -0.266. The van der Waals surface area contributed by atoms with Crippen molar-refractivity contribution in [2.75, 3.05) is 11.1 Å². The second kappa shape index (κ2) is 5.30. The second-order valence-electron chi connectivity index (χ2n) is 4.13. The summed E-state index contributed by atoms with van der Waals surface area (Å²) < 4.78 is 0. The van der Waals surface area contributed by atoms with Crippen LogP contribution in [-0.2, 0) is 11.2 Å². The highest BCUT2D eigenvalue weighted by Gasteiger charge is 2.09. The van der Waals surface area contributed by atoms with Crippen LogP contribution in [0.25, 0.3) is 0 Å². The number of phenolic OH excluding ortho intramolecular Hbond substituents is 2. The molecule has 0 radical (unpaired) electrons. The van der Waals surface area contributed by atoms with Gasteiger partial charge in [-0.05, 0) is 35.9 Å². The number of anilines is 2. The number of carbonyl (C=O) groups excluding carboxylic acids is 1. The number of rotatable bonds is 3. The molecule has 19 heavy (non-hydrogen) atoms. The van der Waals surface area contributed by atoms with Gasteiger partial charge in [0.05, 0.1) is 12.1 Å². The standard InChI is InChI=1S/C14H14N2O3/c15-11-6-5-10(17)7-9(11)8-14(19)16-12-3-1-2-4-13(12)18/h1-7,17-18H,8,15H2,(H,16,19). The van der Waals surface area contributed by atoms with Crippen molar-refractivity contribution in [3.05, 3.63) is 48.0 Å². The molecule has 0 fully saturated rings. The Morgan fingerprint density at radius 3 is 2.63 bits per heavy atom. The van der Waals surface area contributed by atoms with Crippen LogP contribution in [-0.4, -0.2) is 16.1 Å². The zero-order chi connectivity index (χ0) is 13.8. The fourth-order valence-corrected chi connectivity index (χ4v) is 1.69. The number of phenols is 2. The predicted molar refractivity (Wildman–Crippen MR) is 73.0 cm³/mol. The number of benzene rings is 2. The Bertz CT molecular complexity index is 611. The molecule has 0 unspecified atom stereocenters. The van der Waals surface area contributed by atoms with Crippen molar-refractivity contribution in [3.63, 3.8) is 0 Å². The van der Waals surface area contributed by atoms with Gasteiger partial charge in [-0.25, -0.2) is 0 Å². The summed E-state index contributed by atoms with van der Waals surface area (Å²) in [6.45, 7) is 0. The van der Waals surface area contributed by atoms with Crippen LogP contribution in [0.3, 0.4) is 0 Å². The highest BCUT2D eigenvalue weighted by atomic mass is 16.3. The van der Waals surface area contributed by atoms with Crippen molar-refractivity contribution in [1.29, 1.82) is 0 Å². The largest absolute Gasteiger partial charge is 0.508 e. The number of hydrogen-bond donors (Lipinski definition) is 4. The van der Waals surface area contributed by atoms with Gasteiger partial charge < -0.3 is 21.3 Å². The molecule has 0 aliphatic carbocycles. The molecular formula is C14H14N2O3. The number of hydrogen-bond acceptors (Lipinski definition) is 4. The molecule has 0 bridgehead atoms. The maximum atomic E-state index is 11.8. The molecule has 0 saturated heterocycles. The van der Waals surface area contributed by atoms with E-state index in [0.29, 0.717) is 16.9 Å². The van der Waals surface area contributed by atoms with E-state index in [2.05, 4.69) is 5.32 Å². The van der Waals surface area contributed by atoms with Gasteiger partial charge in [0.2, 0.25) is 5.91 Å². The number of aromatic hydroxyl groups is 2. The molecule has 0 aromatic heterocycles. The van der Waals surface area contributed by atoms with Crippen molar-refractivity contribution >= 4 is 17.3 Å². The van der Waals surface area contributed by atoms with Gasteiger partial charge in [0.15, 0.2) is 0 Å². The molecule has 2 aromatic rings. The Hall–Kier alpha value is -2.69. The molecule has 0 aliphatic rings. The maximum Gasteiger partial charge on any atom is 0.228 e. The second-order valence-corrected chi connectivity index (χ2v) is 4.13. The molecule has 0 saturated carbocycles. The average Bonchev–Trinajstić information content (AvgIpc) is 2.37. The van der Waals surface area contributed by atoms with E-state index < -0.39 is 0 Å². The van der Waals surface area contributed by atoms with Gasteiger partial charge in [-0.3, -0.25) is 4.79 Å². The third-order valence-corrected chi connectivity index (χ3v) is 2.66. The fourth-order valence-electron chi connectivity index (χ4n) is 1.69. The first-order chi connectivity index (χ1) is 9.06. The van der Waals surface area contributed by atoms with Gasteiger partial charge in [0.25, 0.3) is 0 Å². The number of amides is 1. The lowest BCUT2D eigenvalue weighted by Crippen LogP contribution is -2.15. The third-order valence-electron chi connectivity index (χ3n) is 2.66. The smallest absolute Gasteiger partial charge is 0.228 e. The van der Waals surface area contributed by atoms with E-state index in [1.165, 1.54) is 24.3 Å². The molecule has 0 aliphatic heterocycles. The van der Waals surface area contributed by atoms with Gasteiger partial charge >= 0.3 is 0 Å². The van der Waals surface area contributed by atoms with Gasteiger partial charge in [-0.1, -0.05) is 12.1 Å². The van der Waals surface area contributed by atoms with Crippen LogP contribution in [0.2, 0.25) is 0 Å². The van der Waals surface area contributed by atoms with Crippen LogP contribution in [0.5, 0.6) is 11.5 Å². The molecule has 0 heterocycles. The van der Waals surface area contributed by atoms with Crippen molar-refractivity contribution in [2.45, 2.75) is 6.42 Å². The molecule has 0 atom stereocenters. The lowest BCUT2D eigenvalue weighted by Gasteiger charge is -2.08. The van der Waals surface area contributed by atoms with Crippen LogP contribution in [0, 0.1) is 0 Å². The topological polar surface area (TPSA) is 95.6 Å². The maximum absolute atomic E-state index is 11.8. The molecule has 5 N–H and O–H groups in total. The van der Waals surface area contributed by atoms with E-state index in [1.54, 1.807) is 18.2 Å². The van der Waals surface area contributed by atoms with E-state index in [4.69, 9.17) is 5.73 Å². The third kappa shape index (κ3) is 3.16. The van der Waals surface area contributed by atoms with E-state index in [9.17, 15) is 15.0 Å². The minimum Gasteiger partial charge on any atom is -0.508 e. The van der Waals surface area contributed by atoms with Crippen LogP contribution in [0.4, 0.5) is 11.4 Å². The molecule has 5 heteroatoms. The van der Waals surface area contributed by atoms with E-state index >= 15 is 0 Å². The summed E-state index contributed by atoms with van der Waals surface area (Å²) in [7, 11) is 0. The van der Waals surface area contributed by atoms with Crippen molar-refractivity contribution in [3.8, 4) is 11.5 Å². The molecular weight excluding hydrogens is 244 g/mol. The van der Waals surface area contributed by atoms with Crippen molar-refractivity contribution in [2.24, 2.45) is 0 Å². The Kier molecular flexibility index (Phi) is 3.56. The first kappa shape index (κ1) is 12.8. The summed E-state index contributed by atoms with van der Waals surface area (Å²) in [6.07, 6.45) is 0.0224. The molecule has 0 spiro atoms. The van der Waals surface area contributed by atoms with Crippen LogP contribution < -0.4 is 11.1 Å². The lowest BCUT2D eigenvalue weighted by molar-refractivity contribution is -0.115. The molecule has 98 valence electrons. The highest BCUT2D eigenvalue weighted by Crippen LogP contribution is 2.23. The number of carbonyl (C=O) groups is 1. The number of nitrogens with two attached hydrogens (primary N) is 1. The minimum atomic E-state index is -0.321. The Balaban J connectivity index is 2.10. The molecule has 1 amide bonds. The van der Waals surface area contributed by atoms with Gasteiger partial charge in [-0.2, -0.15) is 0 Å². The number of para-hydroxylation sites is 2. The van der Waals surface area contributed by atoms with Crippen LogP contribution in [0.15, 0.2) is 42.5 Å². The van der Waals surface area contributed by atoms with Gasteiger partial charge in [0.1, 0.15) is 11.5 Å². The first-order valence-corrected chi connectivity index (χ1v) is 5.71. The minimum absolute atomic E-state index is 0.000249. The summed E-state index contributed by atoms with van der Waals surface area (Å²) in [5.41, 5.74) is 7.03. The van der Waals surface area contributed by atoms with E-state index in [-0.39, 0.29) is 23.8 Å². The average molecular weight is 258 g/mol. The molecule has 5 nitrogen and oxygen atoms in total. The van der Waals surface area contributed by atoms with Gasteiger partial charge in [-0.15, -0.1) is 0 Å². The van der Waals surface area contributed by atoms with Crippen LogP contribution in [0.1, 0.15) is 5.56 Å². The summed E-state index contributed by atoms with van der Waals surface area (Å²) in [6, 6.07) is 10.9. The first-order valence-electron chi connectivity index (χ1n) is 5.71. The van der Waals surface area contributed by atoms with Gasteiger partial charge in [0, 0.05) is 5.69 Å². The summed E-state index contributed by atoms with van der Waals surface area (Å²) in [5, 5.41) is 21.5. The van der Waals surface area contributed by atoms with E-state index in [0.717, 1.165) is 0 Å². The Morgan fingerprint density at radius 2 is 1.89 bits per heavy atom. The Labute approximate surface area is 110 Å². The lowest BCUT2D eigenvalue weighted by atomic mass is 10.1. The predicted octanol–water partition coefficient (Wildman–Crippen LogP) is 1.86. The van der Waals surface area contributed by atoms with Crippen LogP contribution >= 0.6 is 0 Å². The van der Waals surface area contributed by atoms with Crippen molar-refractivity contribution in [1.82, 2.24) is 0 Å². The zero-order valence-electron chi connectivity index (χ0n) is 10.1. The fraction of sp³-hybridized carbons (Fsp3) is 0.0714. The monoisotopic (exact) mass is 258 g/mol. The Morgan fingerprint density at radius 1 is 1.16 bits per heavy atom. The number of nitrogen functional groups attached to an aromatic ring is 1. The normalized spacial score (nSPS) is 10.1. The zero-order valence-corrected chi connectivity index (χ0v) is 10.1. The number of nitrogens with one attached hydrogen (secondary N) is 1.